The number of aliphatic hydroxyl groups excluding tert-OH is 2. The summed E-state index contributed by atoms with van der Waals surface area (Å²) in [6, 6.07) is 1.81. The van der Waals surface area contributed by atoms with Gasteiger partial charge in [0.15, 0.2) is 17.6 Å². The summed E-state index contributed by atoms with van der Waals surface area (Å²) in [6.07, 6.45) is 5.32. The molecule has 6 heterocycles. The summed E-state index contributed by atoms with van der Waals surface area (Å²) in [5.74, 6) is 0.167. The normalized spacial score (nSPS) is 25.3. The third-order valence-corrected chi connectivity index (χ3v) is 13.0. The van der Waals surface area contributed by atoms with Crippen LogP contribution in [0.25, 0.3) is 17.2 Å². The van der Waals surface area contributed by atoms with Crippen LogP contribution in [0.2, 0.25) is 0 Å². The van der Waals surface area contributed by atoms with Gasteiger partial charge in [-0.05, 0) is 53.2 Å². The van der Waals surface area contributed by atoms with E-state index >= 15 is 0 Å². The number of allylic oxidation sites excluding steroid dienone is 2. The first kappa shape index (κ1) is 44.0. The van der Waals surface area contributed by atoms with E-state index in [0.29, 0.717) is 40.6 Å². The summed E-state index contributed by atoms with van der Waals surface area (Å²) in [5.41, 5.74) is 5.37. The highest BCUT2D eigenvalue weighted by atomic mass is 32.5. The molecule has 0 aliphatic carbocycles. The lowest BCUT2D eigenvalue weighted by molar-refractivity contribution is -0.301. The van der Waals surface area contributed by atoms with Crippen LogP contribution in [0.1, 0.15) is 56.6 Å². The van der Waals surface area contributed by atoms with Gasteiger partial charge in [-0.3, -0.25) is 17.8 Å². The van der Waals surface area contributed by atoms with E-state index in [9.17, 15) is 46.6 Å². The fourth-order valence-electron chi connectivity index (χ4n) is 4.97. The number of Topliss-reactive ketones (excluding diaryl/α,β-unsaturated/α-hetero) is 1. The number of imidazole rings is 1. The van der Waals surface area contributed by atoms with E-state index in [1.807, 2.05) is 26.0 Å². The number of ether oxygens (including phenoxy) is 1. The fraction of sp³-hybridized carbons (Fsp3) is 0.444. The molecule has 1 fully saturated rings. The standard InChI is InChI=1S/C12H13F2N2S.C11H14N4O3.C3H6O.CH7O8P3S/c1-8-6-10(3)16-12(8)7-11-5-4-9(2)15(11)17(16,13)14;1-5-7-10(13-3-12-5)15(4-14-7)11-9(17)8(16)6(2)18-11;1-3(2)4;1-10(2,3)8-11(4,5)9-12(6,7)13/h4-7H,1-3H3;3-4,6,8-9,11,16-17H,1-2H3;1-2H3;1H3,(H,2,3)(H,4,5)(H2,6,7,13)/q+1;;;/p-3/t;6-,8?,9+,11-;;/m.1../s1. The molecule has 0 radical (unpaired) electrons. The maximum Gasteiger partial charge on any atom is 0.387 e. The number of carbonyl (C=O) groups is 1. The predicted molar refractivity (Wildman–Crippen MR) is 185 cm³/mol. The Labute approximate surface area is 304 Å². The molecule has 3 N–H and O–H groups in total. The average molecular weight is 833 g/mol. The Kier molecular flexibility index (Phi) is 14.0. The molecule has 3 aromatic rings. The summed E-state index contributed by atoms with van der Waals surface area (Å²) in [5, 5.41) is 19.7. The van der Waals surface area contributed by atoms with Crippen molar-refractivity contribution < 1.29 is 68.8 Å². The molecular formula is C27H37F2N6O12P3S2-2. The number of carbonyl (C=O) groups excluding carboxylic acids is 1. The number of phosphoric acid groups is 1. The number of aryl methyl sites for hydroxylation is 3. The van der Waals surface area contributed by atoms with Crippen LogP contribution in [-0.4, -0.2) is 79.1 Å². The molecule has 0 bridgehead atoms. The summed E-state index contributed by atoms with van der Waals surface area (Å²) >= 11 is -0.329. The first-order valence-electron chi connectivity index (χ1n) is 14.8. The maximum absolute atomic E-state index is 14.5. The zero-order valence-electron chi connectivity index (χ0n) is 28.9. The van der Waals surface area contributed by atoms with Gasteiger partial charge in [-0.1, -0.05) is 23.6 Å². The second-order valence-corrected chi connectivity index (χ2v) is 19.3. The highest BCUT2D eigenvalue weighted by molar-refractivity contribution is 8.18. The molecule has 52 heavy (non-hydrogen) atoms. The average Bonchev–Trinajstić information content (AvgIpc) is 3.69. The summed E-state index contributed by atoms with van der Waals surface area (Å²) in [4.78, 5) is 61.1. The van der Waals surface area contributed by atoms with Crippen LogP contribution in [0.5, 0.6) is 0 Å². The third-order valence-electron chi connectivity index (χ3n) is 6.89. The highest BCUT2D eigenvalue weighted by Gasteiger charge is 2.49. The first-order valence-corrected chi connectivity index (χ1v) is 22.2. The van der Waals surface area contributed by atoms with Crippen molar-refractivity contribution in [3.8, 4) is 0 Å². The second-order valence-electron chi connectivity index (χ2n) is 11.7. The van der Waals surface area contributed by atoms with Crippen LogP contribution in [0.15, 0.2) is 36.6 Å². The zero-order valence-corrected chi connectivity index (χ0v) is 33.2. The van der Waals surface area contributed by atoms with Gasteiger partial charge in [0.1, 0.15) is 44.1 Å². The van der Waals surface area contributed by atoms with Crippen molar-refractivity contribution in [3.63, 3.8) is 0 Å². The van der Waals surface area contributed by atoms with Gasteiger partial charge in [-0.2, -0.15) is 0 Å². The Morgan fingerprint density at radius 2 is 1.65 bits per heavy atom. The molecule has 3 aliphatic heterocycles. The molecule has 290 valence electrons. The highest BCUT2D eigenvalue weighted by Crippen LogP contribution is 2.61. The van der Waals surface area contributed by atoms with Crippen molar-refractivity contribution in [1.82, 2.24) is 23.5 Å². The molecule has 0 spiro atoms. The molecule has 0 saturated carbocycles. The van der Waals surface area contributed by atoms with Gasteiger partial charge in [0.25, 0.3) is 7.82 Å². The van der Waals surface area contributed by atoms with Crippen molar-refractivity contribution in [1.29, 1.82) is 0 Å². The smallest absolute Gasteiger partial charge is 0.387 e. The van der Waals surface area contributed by atoms with E-state index in [4.69, 9.17) is 9.63 Å². The number of rotatable bonds is 5. The monoisotopic (exact) mass is 832 g/mol. The number of aliphatic hydroxyl groups is 2. The quantitative estimate of drug-likeness (QED) is 0.246. The van der Waals surface area contributed by atoms with E-state index in [0.717, 1.165) is 15.2 Å². The van der Waals surface area contributed by atoms with E-state index in [2.05, 4.69) is 35.4 Å². The van der Waals surface area contributed by atoms with Crippen LogP contribution in [0.4, 0.5) is 7.77 Å². The zero-order chi connectivity index (χ0) is 39.7. The predicted octanol–water partition coefficient (Wildman–Crippen LogP) is 2.37. The first-order chi connectivity index (χ1) is 23.7. The van der Waals surface area contributed by atoms with Crippen LogP contribution >= 0.6 is 33.3 Å². The maximum atomic E-state index is 14.5. The van der Waals surface area contributed by atoms with E-state index in [1.54, 1.807) is 43.8 Å². The lowest BCUT2D eigenvalue weighted by atomic mass is 10.1. The van der Waals surface area contributed by atoms with Crippen molar-refractivity contribution in [3.05, 3.63) is 59.2 Å². The molecule has 3 aliphatic rings. The summed E-state index contributed by atoms with van der Waals surface area (Å²) in [7, 11) is -9.98. The number of nitrogens with zero attached hydrogens (tertiary/aromatic N) is 6. The van der Waals surface area contributed by atoms with Gasteiger partial charge in [0.2, 0.25) is 5.70 Å². The number of aromatic nitrogens is 5. The topological polar surface area (TPSA) is 260 Å². The molecule has 1 saturated heterocycles. The third kappa shape index (κ3) is 10.9. The molecule has 3 aromatic heterocycles. The van der Waals surface area contributed by atoms with Crippen LogP contribution < -0.4 is 14.7 Å². The minimum atomic E-state index is -5.38. The van der Waals surface area contributed by atoms with Gasteiger partial charge >= 0.3 is 11.2 Å². The minimum Gasteiger partial charge on any atom is -0.780 e. The van der Waals surface area contributed by atoms with E-state index in [1.165, 1.54) is 24.1 Å². The van der Waals surface area contributed by atoms with Crippen molar-refractivity contribution in [2.45, 2.75) is 73.0 Å². The van der Waals surface area contributed by atoms with Gasteiger partial charge in [0.05, 0.1) is 23.8 Å². The van der Waals surface area contributed by atoms with Crippen LogP contribution in [0.3, 0.4) is 0 Å². The molecule has 25 heteroatoms. The molecule has 7 atom stereocenters. The Hall–Kier alpha value is -2.39. The Morgan fingerprint density at radius 3 is 2.17 bits per heavy atom. The van der Waals surface area contributed by atoms with Gasteiger partial charge in [-0.25, -0.2) is 18.9 Å². The number of hydrogen-bond donors (Lipinski definition) is 3. The molecule has 6 rings (SSSR count). The number of fused-ring (bicyclic) bond motifs is 3. The van der Waals surface area contributed by atoms with Crippen molar-refractivity contribution in [2.24, 2.45) is 0 Å². The number of ketones is 1. The molecule has 4 unspecified atom stereocenters. The summed E-state index contributed by atoms with van der Waals surface area (Å²) in [6.45, 7) is 7.63. The second kappa shape index (κ2) is 16.5. The molecular weight excluding hydrogens is 795 g/mol. The lowest BCUT2D eigenvalue weighted by Gasteiger charge is -2.33. The Balaban J connectivity index is 0.000000203. The van der Waals surface area contributed by atoms with Crippen molar-refractivity contribution >= 4 is 73.9 Å². The molecule has 0 amide bonds. The van der Waals surface area contributed by atoms with Crippen LogP contribution in [-0.2, 0) is 39.1 Å². The summed E-state index contributed by atoms with van der Waals surface area (Å²) < 4.78 is 66.1. The van der Waals surface area contributed by atoms with Crippen LogP contribution in [0, 0.1) is 20.8 Å². The largest absolute Gasteiger partial charge is 0.780 e. The number of hydrogen-bond acceptors (Lipinski definition) is 15. The SMILES string of the molecule is CC(C)=O.CC1=[N+]2C(=Cc3c(C)cc(C)n3S2(F)F)C=C1.CP(=O)([O-])OP(=O)([O-])OP([O-])(O)=S.Cc1ncnc2c1ncn2[C@@H]1O[C@H](C)C(O)[C@@H]1O. The minimum absolute atomic E-state index is 0.167. The fourth-order valence-corrected chi connectivity index (χ4v) is 10.3. The van der Waals surface area contributed by atoms with Gasteiger partial charge in [-0.15, -0.1) is 0 Å². The van der Waals surface area contributed by atoms with Gasteiger partial charge < -0.3 is 43.9 Å². The van der Waals surface area contributed by atoms with Crippen molar-refractivity contribution in [2.75, 3.05) is 6.66 Å². The Bertz CT molecular complexity index is 2050. The van der Waals surface area contributed by atoms with E-state index in [-0.39, 0.29) is 5.78 Å². The molecule has 0 aromatic carbocycles. The number of halogens is 2. The Morgan fingerprint density at radius 1 is 1.06 bits per heavy atom. The lowest BCUT2D eigenvalue weighted by Crippen LogP contribution is -2.30. The van der Waals surface area contributed by atoms with E-state index < -0.39 is 57.8 Å². The van der Waals surface area contributed by atoms with Gasteiger partial charge in [0, 0.05) is 37.5 Å². The molecule has 18 nitrogen and oxygen atoms in total.